The van der Waals surface area contributed by atoms with Crippen molar-refractivity contribution >= 4 is 29.1 Å². The molecule has 0 aliphatic carbocycles. The number of rotatable bonds is 5. The maximum Gasteiger partial charge on any atom is 0.253 e. The highest BCUT2D eigenvalue weighted by atomic mass is 35.5. The van der Waals surface area contributed by atoms with E-state index in [0.717, 1.165) is 5.56 Å². The van der Waals surface area contributed by atoms with Gasteiger partial charge in [-0.2, -0.15) is 5.10 Å². The van der Waals surface area contributed by atoms with Gasteiger partial charge in [-0.3, -0.25) is 9.48 Å². The fourth-order valence-electron chi connectivity index (χ4n) is 1.91. The summed E-state index contributed by atoms with van der Waals surface area (Å²) in [5.74, 6) is -0.489. The van der Waals surface area contributed by atoms with Gasteiger partial charge in [0.1, 0.15) is 0 Å². The highest BCUT2D eigenvalue weighted by Crippen LogP contribution is 2.23. The van der Waals surface area contributed by atoms with E-state index in [9.17, 15) is 9.90 Å². The molecular formula is C14H15Cl2N3O2. The lowest BCUT2D eigenvalue weighted by molar-refractivity contribution is -0.129. The predicted molar refractivity (Wildman–Crippen MR) is 81.3 cm³/mol. The molecule has 1 aromatic heterocycles. The average molecular weight is 328 g/mol. The molecule has 1 heterocycles. The lowest BCUT2D eigenvalue weighted by Gasteiger charge is -2.12. The largest absolute Gasteiger partial charge is 0.378 e. The van der Waals surface area contributed by atoms with E-state index in [1.54, 1.807) is 16.9 Å². The number of aryl methyl sites for hydroxylation is 1. The standard InChI is InChI=1S/C14H15Cl2N3O2/c1-19-8-9(7-18-19)2-3-17-14(21)13(20)10-4-11(15)6-12(16)5-10/h4-8,13,20H,2-3H2,1H3,(H,17,21). The molecule has 112 valence electrons. The molecule has 5 nitrogen and oxygen atoms in total. The smallest absolute Gasteiger partial charge is 0.253 e. The molecule has 1 aromatic carbocycles. The van der Waals surface area contributed by atoms with Gasteiger partial charge in [-0.05, 0) is 35.7 Å². The van der Waals surface area contributed by atoms with Crippen LogP contribution in [0.25, 0.3) is 0 Å². The van der Waals surface area contributed by atoms with Crippen LogP contribution in [0.2, 0.25) is 10.0 Å². The monoisotopic (exact) mass is 327 g/mol. The fraction of sp³-hybridized carbons (Fsp3) is 0.286. The minimum atomic E-state index is -1.30. The van der Waals surface area contributed by atoms with Gasteiger partial charge in [0.15, 0.2) is 6.10 Å². The van der Waals surface area contributed by atoms with Crippen molar-refractivity contribution < 1.29 is 9.90 Å². The zero-order chi connectivity index (χ0) is 15.4. The van der Waals surface area contributed by atoms with Crippen molar-refractivity contribution in [2.75, 3.05) is 6.54 Å². The van der Waals surface area contributed by atoms with Crippen LogP contribution in [0.3, 0.4) is 0 Å². The minimum absolute atomic E-state index is 0.367. The molecule has 2 N–H and O–H groups in total. The summed E-state index contributed by atoms with van der Waals surface area (Å²) in [6, 6.07) is 4.57. The Kier molecular flexibility index (Phi) is 5.22. The lowest BCUT2D eigenvalue weighted by Crippen LogP contribution is -2.30. The van der Waals surface area contributed by atoms with Crippen LogP contribution >= 0.6 is 23.2 Å². The summed E-state index contributed by atoms with van der Waals surface area (Å²) < 4.78 is 1.69. The second-order valence-corrected chi connectivity index (χ2v) is 5.54. The van der Waals surface area contributed by atoms with Gasteiger partial charge in [0.05, 0.1) is 6.20 Å². The first-order chi connectivity index (χ1) is 9.95. The SMILES string of the molecule is Cn1cc(CCNC(=O)C(O)c2cc(Cl)cc(Cl)c2)cn1. The normalized spacial score (nSPS) is 12.2. The van der Waals surface area contributed by atoms with Crippen molar-refractivity contribution in [3.05, 3.63) is 51.8 Å². The van der Waals surface area contributed by atoms with Crippen LogP contribution in [0.1, 0.15) is 17.2 Å². The Balaban J connectivity index is 1.90. The third-order valence-electron chi connectivity index (χ3n) is 2.92. The number of aliphatic hydroxyl groups excluding tert-OH is 1. The van der Waals surface area contributed by atoms with Crippen LogP contribution in [0.15, 0.2) is 30.6 Å². The van der Waals surface area contributed by atoms with E-state index in [0.29, 0.717) is 28.6 Å². The summed E-state index contributed by atoms with van der Waals surface area (Å²) in [5.41, 5.74) is 1.38. The van der Waals surface area contributed by atoms with Crippen LogP contribution in [0, 0.1) is 0 Å². The Bertz CT molecular complexity index is 623. The summed E-state index contributed by atoms with van der Waals surface area (Å²) in [7, 11) is 1.83. The van der Waals surface area contributed by atoms with Crippen LogP contribution in [-0.4, -0.2) is 27.3 Å². The Labute approximate surface area is 132 Å². The summed E-state index contributed by atoms with van der Waals surface area (Å²) in [6.45, 7) is 0.413. The number of aromatic nitrogens is 2. The summed E-state index contributed by atoms with van der Waals surface area (Å²) in [4.78, 5) is 11.9. The number of aliphatic hydroxyl groups is 1. The molecule has 1 amide bonds. The minimum Gasteiger partial charge on any atom is -0.378 e. The van der Waals surface area contributed by atoms with Crippen molar-refractivity contribution in [1.82, 2.24) is 15.1 Å². The third-order valence-corrected chi connectivity index (χ3v) is 3.36. The van der Waals surface area contributed by atoms with E-state index in [2.05, 4.69) is 10.4 Å². The van der Waals surface area contributed by atoms with Crippen molar-refractivity contribution in [1.29, 1.82) is 0 Å². The number of benzene rings is 1. The van der Waals surface area contributed by atoms with Crippen molar-refractivity contribution in [2.45, 2.75) is 12.5 Å². The van der Waals surface area contributed by atoms with Crippen LogP contribution in [0.4, 0.5) is 0 Å². The van der Waals surface area contributed by atoms with E-state index in [1.807, 2.05) is 13.2 Å². The number of amides is 1. The van der Waals surface area contributed by atoms with Crippen LogP contribution in [-0.2, 0) is 18.3 Å². The van der Waals surface area contributed by atoms with Gasteiger partial charge in [0, 0.05) is 29.8 Å². The topological polar surface area (TPSA) is 67.2 Å². The first kappa shape index (κ1) is 15.8. The quantitative estimate of drug-likeness (QED) is 0.883. The molecule has 21 heavy (non-hydrogen) atoms. The van der Waals surface area contributed by atoms with Crippen molar-refractivity contribution in [3.8, 4) is 0 Å². The van der Waals surface area contributed by atoms with E-state index in [1.165, 1.54) is 12.1 Å². The molecule has 0 radical (unpaired) electrons. The number of carbonyl (C=O) groups excluding carboxylic acids is 1. The first-order valence-electron chi connectivity index (χ1n) is 6.35. The van der Waals surface area contributed by atoms with Gasteiger partial charge in [-0.1, -0.05) is 23.2 Å². The Hall–Kier alpha value is -1.56. The van der Waals surface area contributed by atoms with Gasteiger partial charge in [0.2, 0.25) is 0 Å². The number of hydrogen-bond acceptors (Lipinski definition) is 3. The molecule has 0 aliphatic rings. The van der Waals surface area contributed by atoms with E-state index < -0.39 is 12.0 Å². The Morgan fingerprint density at radius 1 is 1.38 bits per heavy atom. The lowest BCUT2D eigenvalue weighted by atomic mass is 10.1. The fourth-order valence-corrected chi connectivity index (χ4v) is 2.46. The molecule has 0 saturated heterocycles. The molecular weight excluding hydrogens is 313 g/mol. The molecule has 0 aliphatic heterocycles. The second-order valence-electron chi connectivity index (χ2n) is 4.67. The van der Waals surface area contributed by atoms with E-state index >= 15 is 0 Å². The highest BCUT2D eigenvalue weighted by Gasteiger charge is 2.17. The zero-order valence-electron chi connectivity index (χ0n) is 11.4. The molecule has 2 aromatic rings. The summed E-state index contributed by atoms with van der Waals surface area (Å²) in [6.07, 6.45) is 2.96. The molecule has 1 unspecified atom stereocenters. The Morgan fingerprint density at radius 2 is 2.05 bits per heavy atom. The molecule has 0 fully saturated rings. The molecule has 7 heteroatoms. The first-order valence-corrected chi connectivity index (χ1v) is 7.10. The number of nitrogens with zero attached hydrogens (tertiary/aromatic N) is 2. The van der Waals surface area contributed by atoms with E-state index in [4.69, 9.17) is 23.2 Å². The van der Waals surface area contributed by atoms with Gasteiger partial charge in [0.25, 0.3) is 5.91 Å². The molecule has 2 rings (SSSR count). The van der Waals surface area contributed by atoms with Crippen LogP contribution < -0.4 is 5.32 Å². The van der Waals surface area contributed by atoms with E-state index in [-0.39, 0.29) is 0 Å². The van der Waals surface area contributed by atoms with Gasteiger partial charge in [-0.25, -0.2) is 0 Å². The third kappa shape index (κ3) is 4.46. The number of nitrogens with one attached hydrogen (secondary N) is 1. The van der Waals surface area contributed by atoms with Crippen molar-refractivity contribution in [3.63, 3.8) is 0 Å². The number of carbonyl (C=O) groups is 1. The van der Waals surface area contributed by atoms with Gasteiger partial charge >= 0.3 is 0 Å². The van der Waals surface area contributed by atoms with Crippen molar-refractivity contribution in [2.24, 2.45) is 7.05 Å². The number of halogens is 2. The molecule has 1 atom stereocenters. The predicted octanol–water partition coefficient (Wildman–Crippen LogP) is 2.12. The summed E-state index contributed by atoms with van der Waals surface area (Å²) >= 11 is 11.7. The zero-order valence-corrected chi connectivity index (χ0v) is 12.9. The maximum atomic E-state index is 11.9. The maximum absolute atomic E-state index is 11.9. The second kappa shape index (κ2) is 6.93. The number of hydrogen-bond donors (Lipinski definition) is 2. The van der Waals surface area contributed by atoms with Crippen LogP contribution in [0.5, 0.6) is 0 Å². The highest BCUT2D eigenvalue weighted by molar-refractivity contribution is 6.34. The Morgan fingerprint density at radius 3 is 2.62 bits per heavy atom. The van der Waals surface area contributed by atoms with Gasteiger partial charge < -0.3 is 10.4 Å². The molecule has 0 saturated carbocycles. The summed E-state index contributed by atoms with van der Waals surface area (Å²) in [5, 5.41) is 17.5. The van der Waals surface area contributed by atoms with Gasteiger partial charge in [-0.15, -0.1) is 0 Å². The molecule has 0 bridgehead atoms. The molecule has 0 spiro atoms. The average Bonchev–Trinajstić information content (AvgIpc) is 2.82.